The first kappa shape index (κ1) is 17.1. The van der Waals surface area contributed by atoms with Crippen molar-refractivity contribution in [3.63, 3.8) is 0 Å². The lowest BCUT2D eigenvalue weighted by Gasteiger charge is -2.08. The van der Waals surface area contributed by atoms with Crippen LogP contribution in [0.15, 0.2) is 73.1 Å². The maximum absolute atomic E-state index is 12.1. The standard InChI is InChI=1S/C21H17N3O2/c1-26-20-11-9-18(10-12-20)23-21(25)24-19-13-17(14-22-15-19)8-7-16-5-3-2-4-6-16/h2-6,9-15H,1H3,(H2,23,24,25). The normalized spacial score (nSPS) is 9.58. The molecule has 1 heterocycles. The largest absolute Gasteiger partial charge is 0.497 e. The first-order chi connectivity index (χ1) is 12.7. The van der Waals surface area contributed by atoms with Crippen LogP contribution in [-0.4, -0.2) is 18.1 Å². The Morgan fingerprint density at radius 3 is 2.31 bits per heavy atom. The van der Waals surface area contributed by atoms with Crippen molar-refractivity contribution in [2.75, 3.05) is 17.7 Å². The highest BCUT2D eigenvalue weighted by Gasteiger charge is 2.04. The molecule has 0 spiro atoms. The van der Waals surface area contributed by atoms with Crippen LogP contribution < -0.4 is 15.4 Å². The molecule has 0 radical (unpaired) electrons. The molecular weight excluding hydrogens is 326 g/mol. The highest BCUT2D eigenvalue weighted by molar-refractivity contribution is 5.99. The summed E-state index contributed by atoms with van der Waals surface area (Å²) < 4.78 is 5.09. The van der Waals surface area contributed by atoms with Crippen LogP contribution in [0.4, 0.5) is 16.2 Å². The molecule has 5 nitrogen and oxygen atoms in total. The van der Waals surface area contributed by atoms with Gasteiger partial charge >= 0.3 is 6.03 Å². The summed E-state index contributed by atoms with van der Waals surface area (Å²) in [5.41, 5.74) is 2.87. The van der Waals surface area contributed by atoms with E-state index in [4.69, 9.17) is 4.74 Å². The second kappa shape index (κ2) is 8.36. The van der Waals surface area contributed by atoms with Crippen molar-refractivity contribution in [3.8, 4) is 17.6 Å². The van der Waals surface area contributed by atoms with Gasteiger partial charge < -0.3 is 15.4 Å². The van der Waals surface area contributed by atoms with Crippen LogP contribution in [0.5, 0.6) is 5.75 Å². The summed E-state index contributed by atoms with van der Waals surface area (Å²) in [6.07, 6.45) is 3.23. The van der Waals surface area contributed by atoms with Crippen LogP contribution in [-0.2, 0) is 0 Å². The van der Waals surface area contributed by atoms with E-state index in [9.17, 15) is 4.79 Å². The Hall–Kier alpha value is -3.78. The molecule has 0 bridgehead atoms. The minimum Gasteiger partial charge on any atom is -0.497 e. The van der Waals surface area contributed by atoms with Gasteiger partial charge in [0.2, 0.25) is 0 Å². The topological polar surface area (TPSA) is 63.2 Å². The Kier molecular flexibility index (Phi) is 5.48. The van der Waals surface area contributed by atoms with Gasteiger partial charge in [0, 0.05) is 23.0 Å². The Bertz CT molecular complexity index is 942. The highest BCUT2D eigenvalue weighted by Crippen LogP contribution is 2.15. The van der Waals surface area contributed by atoms with E-state index in [-0.39, 0.29) is 6.03 Å². The minimum atomic E-state index is -0.356. The van der Waals surface area contributed by atoms with Crippen LogP contribution >= 0.6 is 0 Å². The minimum absolute atomic E-state index is 0.356. The van der Waals surface area contributed by atoms with Gasteiger partial charge in [0.05, 0.1) is 19.0 Å². The molecule has 0 atom stereocenters. The lowest BCUT2D eigenvalue weighted by molar-refractivity contribution is 0.262. The summed E-state index contributed by atoms with van der Waals surface area (Å²) in [5.74, 6) is 6.83. The smallest absolute Gasteiger partial charge is 0.323 e. The summed E-state index contributed by atoms with van der Waals surface area (Å²) in [4.78, 5) is 16.2. The third kappa shape index (κ3) is 4.86. The second-order valence-corrected chi connectivity index (χ2v) is 5.39. The fraction of sp³-hybridized carbons (Fsp3) is 0.0476. The van der Waals surface area contributed by atoms with E-state index in [1.54, 1.807) is 49.8 Å². The molecular formula is C21H17N3O2. The Labute approximate surface area is 152 Å². The van der Waals surface area contributed by atoms with Gasteiger partial charge in [0.25, 0.3) is 0 Å². The van der Waals surface area contributed by atoms with Crippen LogP contribution in [0.25, 0.3) is 0 Å². The average molecular weight is 343 g/mol. The predicted molar refractivity (Wildman–Crippen MR) is 102 cm³/mol. The number of methoxy groups -OCH3 is 1. The van der Waals surface area contributed by atoms with Gasteiger partial charge in [0.1, 0.15) is 5.75 Å². The maximum Gasteiger partial charge on any atom is 0.323 e. The predicted octanol–water partition coefficient (Wildman–Crippen LogP) is 4.13. The number of pyridine rings is 1. The first-order valence-electron chi connectivity index (χ1n) is 7.97. The molecule has 0 saturated heterocycles. The molecule has 3 rings (SSSR count). The molecule has 2 aromatic carbocycles. The maximum atomic E-state index is 12.1. The first-order valence-corrected chi connectivity index (χ1v) is 7.97. The van der Waals surface area contributed by atoms with Crippen molar-refractivity contribution in [2.24, 2.45) is 0 Å². The number of ether oxygens (including phenoxy) is 1. The van der Waals surface area contributed by atoms with E-state index in [1.807, 2.05) is 30.3 Å². The van der Waals surface area contributed by atoms with E-state index in [0.29, 0.717) is 11.4 Å². The second-order valence-electron chi connectivity index (χ2n) is 5.39. The van der Waals surface area contributed by atoms with Gasteiger partial charge in [-0.1, -0.05) is 30.0 Å². The van der Waals surface area contributed by atoms with Crippen molar-refractivity contribution in [1.29, 1.82) is 0 Å². The zero-order valence-corrected chi connectivity index (χ0v) is 14.2. The van der Waals surface area contributed by atoms with Crippen molar-refractivity contribution in [1.82, 2.24) is 4.98 Å². The van der Waals surface area contributed by atoms with Gasteiger partial charge in [-0.15, -0.1) is 0 Å². The van der Waals surface area contributed by atoms with E-state index >= 15 is 0 Å². The number of nitrogens with one attached hydrogen (secondary N) is 2. The molecule has 3 aromatic rings. The van der Waals surface area contributed by atoms with Crippen LogP contribution in [0.3, 0.4) is 0 Å². The van der Waals surface area contributed by atoms with Gasteiger partial charge in [-0.2, -0.15) is 0 Å². The highest BCUT2D eigenvalue weighted by atomic mass is 16.5. The molecule has 5 heteroatoms. The molecule has 2 N–H and O–H groups in total. The van der Waals surface area contributed by atoms with Crippen molar-refractivity contribution < 1.29 is 9.53 Å². The van der Waals surface area contributed by atoms with Gasteiger partial charge in [-0.3, -0.25) is 4.98 Å². The third-order valence-electron chi connectivity index (χ3n) is 3.47. The van der Waals surface area contributed by atoms with Crippen molar-refractivity contribution >= 4 is 17.4 Å². The monoisotopic (exact) mass is 343 g/mol. The van der Waals surface area contributed by atoms with E-state index in [2.05, 4.69) is 27.5 Å². The quantitative estimate of drug-likeness (QED) is 0.703. The number of aromatic nitrogens is 1. The summed E-state index contributed by atoms with van der Waals surface area (Å²) in [6, 6.07) is 18.2. The zero-order chi connectivity index (χ0) is 18.2. The fourth-order valence-electron chi connectivity index (χ4n) is 2.21. The summed E-state index contributed by atoms with van der Waals surface area (Å²) >= 11 is 0. The number of anilines is 2. The van der Waals surface area contributed by atoms with E-state index < -0.39 is 0 Å². The van der Waals surface area contributed by atoms with Gasteiger partial charge in [0.15, 0.2) is 0 Å². The van der Waals surface area contributed by atoms with E-state index in [1.165, 1.54) is 0 Å². The lowest BCUT2D eigenvalue weighted by atomic mass is 10.2. The number of urea groups is 1. The molecule has 1 aromatic heterocycles. The number of rotatable bonds is 3. The molecule has 128 valence electrons. The Morgan fingerprint density at radius 2 is 1.58 bits per heavy atom. The average Bonchev–Trinajstić information content (AvgIpc) is 2.68. The molecule has 0 aliphatic carbocycles. The van der Waals surface area contributed by atoms with Crippen LogP contribution in [0.2, 0.25) is 0 Å². The van der Waals surface area contributed by atoms with Crippen LogP contribution in [0.1, 0.15) is 11.1 Å². The number of nitrogens with zero attached hydrogens (tertiary/aromatic N) is 1. The Balaban J connectivity index is 1.64. The summed E-state index contributed by atoms with van der Waals surface area (Å²) in [7, 11) is 1.59. The summed E-state index contributed by atoms with van der Waals surface area (Å²) in [5, 5.41) is 5.50. The summed E-state index contributed by atoms with van der Waals surface area (Å²) in [6.45, 7) is 0. The van der Waals surface area contributed by atoms with Gasteiger partial charge in [-0.05, 0) is 42.5 Å². The number of amides is 2. The lowest BCUT2D eigenvalue weighted by Crippen LogP contribution is -2.19. The molecule has 0 unspecified atom stereocenters. The number of carbonyl (C=O) groups is 1. The molecule has 26 heavy (non-hydrogen) atoms. The number of hydrogen-bond donors (Lipinski definition) is 2. The van der Waals surface area contributed by atoms with E-state index in [0.717, 1.165) is 16.9 Å². The van der Waals surface area contributed by atoms with Crippen LogP contribution in [0, 0.1) is 11.8 Å². The molecule has 2 amide bonds. The Morgan fingerprint density at radius 1 is 0.885 bits per heavy atom. The third-order valence-corrected chi connectivity index (χ3v) is 3.47. The molecule has 0 aliphatic heterocycles. The number of benzene rings is 2. The van der Waals surface area contributed by atoms with Gasteiger partial charge in [-0.25, -0.2) is 4.79 Å². The van der Waals surface area contributed by atoms with Crippen molar-refractivity contribution in [2.45, 2.75) is 0 Å². The molecule has 0 aliphatic rings. The molecule has 0 saturated carbocycles. The number of hydrogen-bond acceptors (Lipinski definition) is 3. The fourth-order valence-corrected chi connectivity index (χ4v) is 2.21. The molecule has 0 fully saturated rings. The van der Waals surface area contributed by atoms with Crippen molar-refractivity contribution in [3.05, 3.63) is 84.2 Å². The zero-order valence-electron chi connectivity index (χ0n) is 14.2. The number of carbonyl (C=O) groups excluding carboxylic acids is 1. The SMILES string of the molecule is COc1ccc(NC(=O)Nc2cncc(C#Cc3ccccc3)c2)cc1.